The molecule has 2 heteroatoms. The van der Waals surface area contributed by atoms with Crippen LogP contribution in [-0.2, 0) is 0 Å². The fraction of sp³-hybridized carbons (Fsp3) is 0. The first kappa shape index (κ1) is 8.31. The van der Waals surface area contributed by atoms with Crippen LogP contribution in [0.25, 0.3) is 0 Å². The third kappa shape index (κ3) is 2.05. The molecule has 8 heavy (non-hydrogen) atoms. The van der Waals surface area contributed by atoms with Gasteiger partial charge in [0.15, 0.2) is 0 Å². The van der Waals surface area contributed by atoms with E-state index in [0.717, 1.165) is 0 Å². The van der Waals surface area contributed by atoms with Crippen molar-refractivity contribution in [2.75, 3.05) is 0 Å². The fourth-order valence-electron chi connectivity index (χ4n) is 0.250. The number of hydrogen-bond donors (Lipinski definition) is 0. The molecule has 0 saturated carbocycles. The van der Waals surface area contributed by atoms with Gasteiger partial charge in [0.1, 0.15) is 0 Å². The van der Waals surface area contributed by atoms with Crippen LogP contribution in [-0.4, -0.2) is 17.3 Å². The molecule has 0 rings (SSSR count). The molecule has 0 aromatic carbocycles. The molecule has 0 aromatic rings. The number of hydrogen-bond acceptors (Lipinski definition) is 0. The minimum absolute atomic E-state index is 1.79. The van der Waals surface area contributed by atoms with E-state index in [2.05, 4.69) is 19.7 Å². The van der Waals surface area contributed by atoms with Gasteiger partial charge in [0.05, 0.1) is 0 Å². The molecule has 0 unspecified atom stereocenters. The predicted molar refractivity (Wildman–Crippen MR) is 42.2 cm³/mol. The Hall–Kier alpha value is 0.309. The zero-order chi connectivity index (χ0) is 6.62. The van der Waals surface area contributed by atoms with Gasteiger partial charge in [0, 0.05) is 0 Å². The predicted octanol–water partition coefficient (Wildman–Crippen LogP) is 2.35. The van der Waals surface area contributed by atoms with Gasteiger partial charge in [-0.1, -0.05) is 0 Å². The summed E-state index contributed by atoms with van der Waals surface area (Å²) in [4.78, 5) is 0. The van der Waals surface area contributed by atoms with Gasteiger partial charge >= 0.3 is 58.2 Å². The second kappa shape index (κ2) is 3.36. The molecule has 0 aliphatic carbocycles. The molecule has 0 spiro atoms. The second-order valence-corrected chi connectivity index (χ2v) is 14.0. The third-order valence-electron chi connectivity index (χ3n) is 0.939. The van der Waals surface area contributed by atoms with E-state index in [4.69, 9.17) is 8.92 Å². The van der Waals surface area contributed by atoms with Crippen LogP contribution < -0.4 is 0 Å². The molecule has 0 aliphatic rings. The summed E-state index contributed by atoms with van der Waals surface area (Å²) in [5.74, 6) is 0. The van der Waals surface area contributed by atoms with Crippen LogP contribution in [0.1, 0.15) is 0 Å². The first-order chi connectivity index (χ1) is 3.68. The van der Waals surface area contributed by atoms with E-state index in [9.17, 15) is 0 Å². The van der Waals surface area contributed by atoms with E-state index in [1.165, 1.54) is 0 Å². The Morgan fingerprint density at radius 3 is 1.25 bits per heavy atom. The second-order valence-electron chi connectivity index (χ2n) is 1.44. The first-order valence-electron chi connectivity index (χ1n) is 2.28. The van der Waals surface area contributed by atoms with Crippen LogP contribution in [0, 0.1) is 0 Å². The molecular weight excluding hydrogens is 226 g/mol. The SMILES string of the molecule is C=[CH][Sn]([Cl])([CH]=C)[CH]=C. The summed E-state index contributed by atoms with van der Waals surface area (Å²) < 4.78 is 5.36. The Balaban J connectivity index is 4.18. The molecular formula is C6H9ClSn. The van der Waals surface area contributed by atoms with Crippen LogP contribution in [0.4, 0.5) is 0 Å². The monoisotopic (exact) mass is 236 g/mol. The molecule has 44 valence electrons. The van der Waals surface area contributed by atoms with Crippen molar-refractivity contribution in [3.8, 4) is 0 Å². The summed E-state index contributed by atoms with van der Waals surface area (Å²) in [5, 5.41) is 0. The quantitative estimate of drug-likeness (QED) is 0.659. The van der Waals surface area contributed by atoms with Gasteiger partial charge < -0.3 is 0 Å². The van der Waals surface area contributed by atoms with Crippen LogP contribution in [0.15, 0.2) is 32.0 Å². The molecule has 0 aliphatic heterocycles. The van der Waals surface area contributed by atoms with Crippen molar-refractivity contribution < 1.29 is 0 Å². The van der Waals surface area contributed by atoms with E-state index in [0.29, 0.717) is 0 Å². The van der Waals surface area contributed by atoms with Crippen molar-refractivity contribution in [1.29, 1.82) is 0 Å². The van der Waals surface area contributed by atoms with Gasteiger partial charge in [-0.15, -0.1) is 0 Å². The molecule has 0 aromatic heterocycles. The Morgan fingerprint density at radius 1 is 1.00 bits per heavy atom. The van der Waals surface area contributed by atoms with Gasteiger partial charge in [0.25, 0.3) is 0 Å². The van der Waals surface area contributed by atoms with Crippen molar-refractivity contribution in [1.82, 2.24) is 0 Å². The average molecular weight is 235 g/mol. The average Bonchev–Trinajstić information content (AvgIpc) is 1.87. The van der Waals surface area contributed by atoms with Crippen LogP contribution in [0.5, 0.6) is 0 Å². The van der Waals surface area contributed by atoms with Gasteiger partial charge in [-0.3, -0.25) is 0 Å². The third-order valence-corrected chi connectivity index (χ3v) is 9.40. The summed E-state index contributed by atoms with van der Waals surface area (Å²) in [6, 6.07) is 0. The van der Waals surface area contributed by atoms with Crippen LogP contribution >= 0.6 is 8.92 Å². The van der Waals surface area contributed by atoms with Gasteiger partial charge in [0.2, 0.25) is 0 Å². The van der Waals surface area contributed by atoms with Gasteiger partial charge in [-0.25, -0.2) is 0 Å². The van der Waals surface area contributed by atoms with Gasteiger partial charge in [-0.2, -0.15) is 0 Å². The Labute approximate surface area is 58.1 Å². The van der Waals surface area contributed by atoms with Crippen LogP contribution in [0.2, 0.25) is 0 Å². The van der Waals surface area contributed by atoms with Crippen LogP contribution in [0.3, 0.4) is 0 Å². The van der Waals surface area contributed by atoms with Crippen molar-refractivity contribution in [2.45, 2.75) is 0 Å². The molecule has 0 nitrogen and oxygen atoms in total. The molecule has 0 atom stereocenters. The first-order valence-corrected chi connectivity index (χ1v) is 10.8. The van der Waals surface area contributed by atoms with Crippen molar-refractivity contribution >= 4 is 26.2 Å². The fourth-order valence-corrected chi connectivity index (χ4v) is 1.68. The maximum atomic E-state index is 5.95. The summed E-state index contributed by atoms with van der Waals surface area (Å²) in [6.07, 6.45) is 0. The number of halogens is 1. The minimum atomic E-state index is -2.57. The molecule has 0 radical (unpaired) electrons. The Morgan fingerprint density at radius 2 is 1.25 bits per heavy atom. The van der Waals surface area contributed by atoms with Crippen molar-refractivity contribution in [3.05, 3.63) is 32.0 Å². The van der Waals surface area contributed by atoms with E-state index >= 15 is 0 Å². The molecule has 0 amide bonds. The molecule has 0 fully saturated rings. The summed E-state index contributed by atoms with van der Waals surface area (Å²) in [6.45, 7) is 10.8. The zero-order valence-corrected chi connectivity index (χ0v) is 8.34. The molecule has 0 bridgehead atoms. The normalized spacial score (nSPS) is 10.1. The Kier molecular flexibility index (Phi) is 3.49. The summed E-state index contributed by atoms with van der Waals surface area (Å²) in [5.41, 5.74) is 0. The summed E-state index contributed by atoms with van der Waals surface area (Å²) >= 11 is -2.57. The topological polar surface area (TPSA) is 0 Å². The van der Waals surface area contributed by atoms with Gasteiger partial charge in [-0.05, 0) is 0 Å². The summed E-state index contributed by atoms with van der Waals surface area (Å²) in [7, 11) is 5.95. The van der Waals surface area contributed by atoms with E-state index in [1.807, 2.05) is 0 Å². The maximum absolute atomic E-state index is 5.95. The standard InChI is InChI=1S/3C2H3.ClH.Sn/c3*1-2;;/h3*1H,2H2;1H;/q;;;;+1/p-1. The van der Waals surface area contributed by atoms with E-state index in [-0.39, 0.29) is 0 Å². The van der Waals surface area contributed by atoms with E-state index in [1.54, 1.807) is 12.3 Å². The van der Waals surface area contributed by atoms with Crippen molar-refractivity contribution in [2.24, 2.45) is 0 Å². The van der Waals surface area contributed by atoms with Crippen molar-refractivity contribution in [3.63, 3.8) is 0 Å². The molecule has 0 N–H and O–H groups in total. The zero-order valence-electron chi connectivity index (χ0n) is 4.73. The van der Waals surface area contributed by atoms with E-state index < -0.39 is 17.3 Å². The molecule has 0 heterocycles. The number of rotatable bonds is 3. The Bertz CT molecular complexity index is 95.9. The molecule has 0 saturated heterocycles.